The summed E-state index contributed by atoms with van der Waals surface area (Å²) >= 11 is 6.13. The SMILES string of the molecule is COC1CC[C@@]2(OC)CCN(C(=O)c3nn(C)cc3Cl)C2C1. The van der Waals surface area contributed by atoms with Crippen LogP contribution in [-0.2, 0) is 16.5 Å². The largest absolute Gasteiger partial charge is 0.381 e. The van der Waals surface area contributed by atoms with Crippen molar-refractivity contribution in [3.05, 3.63) is 16.9 Å². The maximum atomic E-state index is 12.9. The number of hydrogen-bond acceptors (Lipinski definition) is 4. The van der Waals surface area contributed by atoms with Crippen molar-refractivity contribution in [2.24, 2.45) is 7.05 Å². The first-order valence-electron chi connectivity index (χ1n) is 7.59. The van der Waals surface area contributed by atoms with Crippen LogP contribution in [-0.4, -0.2) is 59.1 Å². The van der Waals surface area contributed by atoms with Gasteiger partial charge >= 0.3 is 0 Å². The number of methoxy groups -OCH3 is 2. The van der Waals surface area contributed by atoms with Gasteiger partial charge in [-0.15, -0.1) is 0 Å². The Kier molecular flexibility index (Phi) is 4.18. The molecule has 7 heteroatoms. The quantitative estimate of drug-likeness (QED) is 0.850. The van der Waals surface area contributed by atoms with Crippen LogP contribution in [0.5, 0.6) is 0 Å². The van der Waals surface area contributed by atoms with E-state index in [9.17, 15) is 4.79 Å². The molecule has 0 aromatic carbocycles. The van der Waals surface area contributed by atoms with Crippen LogP contribution in [0, 0.1) is 0 Å². The normalized spacial score (nSPS) is 31.4. The van der Waals surface area contributed by atoms with Gasteiger partial charge in [-0.1, -0.05) is 11.6 Å². The highest BCUT2D eigenvalue weighted by molar-refractivity contribution is 6.33. The van der Waals surface area contributed by atoms with Gasteiger partial charge in [0.1, 0.15) is 0 Å². The van der Waals surface area contributed by atoms with Crippen molar-refractivity contribution in [1.29, 1.82) is 0 Å². The molecule has 1 saturated carbocycles. The molecule has 2 heterocycles. The standard InChI is InChI=1S/C15H22ClN3O3/c1-18-9-11(16)13(17-18)14(20)19-7-6-15(22-3)5-4-10(21-2)8-12(15)19/h9-10,12H,4-8H2,1-3H3/t10?,12?,15-/m1/s1. The number of hydrogen-bond donors (Lipinski definition) is 0. The van der Waals surface area contributed by atoms with E-state index in [2.05, 4.69) is 5.10 Å². The van der Waals surface area contributed by atoms with Gasteiger partial charge in [0.15, 0.2) is 5.69 Å². The molecule has 2 fully saturated rings. The number of carbonyl (C=O) groups excluding carboxylic acids is 1. The molecule has 0 radical (unpaired) electrons. The Morgan fingerprint density at radius 1 is 1.45 bits per heavy atom. The van der Waals surface area contributed by atoms with E-state index < -0.39 is 0 Å². The van der Waals surface area contributed by atoms with Crippen LogP contribution in [0.2, 0.25) is 5.02 Å². The third kappa shape index (κ3) is 2.43. The molecule has 1 amide bonds. The second-order valence-electron chi connectivity index (χ2n) is 6.16. The zero-order valence-electron chi connectivity index (χ0n) is 13.2. The fourth-order valence-electron chi connectivity index (χ4n) is 3.86. The van der Waals surface area contributed by atoms with E-state index in [1.807, 2.05) is 4.90 Å². The number of rotatable bonds is 3. The summed E-state index contributed by atoms with van der Waals surface area (Å²) in [5, 5.41) is 4.59. The molecule has 22 heavy (non-hydrogen) atoms. The summed E-state index contributed by atoms with van der Waals surface area (Å²) in [4.78, 5) is 14.7. The van der Waals surface area contributed by atoms with Crippen LogP contribution < -0.4 is 0 Å². The summed E-state index contributed by atoms with van der Waals surface area (Å²) in [5.41, 5.74) is 0.0574. The molecule has 0 N–H and O–H groups in total. The molecular weight excluding hydrogens is 306 g/mol. The zero-order valence-corrected chi connectivity index (χ0v) is 14.0. The molecule has 0 bridgehead atoms. The summed E-state index contributed by atoms with van der Waals surface area (Å²) < 4.78 is 12.9. The molecule has 6 nitrogen and oxygen atoms in total. The van der Waals surface area contributed by atoms with Crippen LogP contribution in [0.3, 0.4) is 0 Å². The molecule has 0 spiro atoms. The van der Waals surface area contributed by atoms with Crippen LogP contribution in [0.1, 0.15) is 36.2 Å². The number of nitrogens with zero attached hydrogens (tertiary/aromatic N) is 3. The number of fused-ring (bicyclic) bond motifs is 1. The van der Waals surface area contributed by atoms with E-state index in [4.69, 9.17) is 21.1 Å². The maximum Gasteiger partial charge on any atom is 0.276 e. The summed E-state index contributed by atoms with van der Waals surface area (Å²) in [5.74, 6) is -0.119. The highest BCUT2D eigenvalue weighted by Gasteiger charge is 2.53. The average molecular weight is 328 g/mol. The highest BCUT2D eigenvalue weighted by atomic mass is 35.5. The minimum Gasteiger partial charge on any atom is -0.381 e. The van der Waals surface area contributed by atoms with Gasteiger partial charge in [0, 0.05) is 34.0 Å². The molecule has 1 saturated heterocycles. The van der Waals surface area contributed by atoms with Gasteiger partial charge in [-0.2, -0.15) is 5.10 Å². The summed E-state index contributed by atoms with van der Waals surface area (Å²) in [6.45, 7) is 0.667. The van der Waals surface area contributed by atoms with Crippen molar-refractivity contribution in [3.63, 3.8) is 0 Å². The van der Waals surface area contributed by atoms with Gasteiger partial charge in [-0.3, -0.25) is 9.48 Å². The van der Waals surface area contributed by atoms with Crippen molar-refractivity contribution in [1.82, 2.24) is 14.7 Å². The smallest absolute Gasteiger partial charge is 0.276 e. The number of carbonyl (C=O) groups is 1. The van der Waals surface area contributed by atoms with Crippen LogP contribution >= 0.6 is 11.6 Å². The molecule has 2 unspecified atom stereocenters. The van der Waals surface area contributed by atoms with Gasteiger partial charge in [0.05, 0.1) is 22.8 Å². The molecule has 122 valence electrons. The Bertz CT molecular complexity index is 576. The molecule has 2 aliphatic rings. The first-order chi connectivity index (χ1) is 10.5. The lowest BCUT2D eigenvalue weighted by Gasteiger charge is -2.43. The Morgan fingerprint density at radius 2 is 2.23 bits per heavy atom. The van der Waals surface area contributed by atoms with Crippen LogP contribution in [0.15, 0.2) is 6.20 Å². The first kappa shape index (κ1) is 15.8. The van der Waals surface area contributed by atoms with Crippen LogP contribution in [0.4, 0.5) is 0 Å². The molecule has 1 aromatic rings. The maximum absolute atomic E-state index is 12.9. The van der Waals surface area contributed by atoms with Gasteiger partial charge in [-0.25, -0.2) is 0 Å². The Balaban J connectivity index is 1.87. The molecule has 1 aliphatic carbocycles. The van der Waals surface area contributed by atoms with Crippen molar-refractivity contribution in [2.45, 2.75) is 43.4 Å². The van der Waals surface area contributed by atoms with E-state index in [1.165, 1.54) is 0 Å². The predicted molar refractivity (Wildman–Crippen MR) is 82.0 cm³/mol. The van der Waals surface area contributed by atoms with E-state index in [1.54, 1.807) is 32.1 Å². The minimum atomic E-state index is -0.258. The third-order valence-corrected chi connectivity index (χ3v) is 5.40. The average Bonchev–Trinajstić information content (AvgIpc) is 3.06. The van der Waals surface area contributed by atoms with Crippen molar-refractivity contribution >= 4 is 17.5 Å². The number of halogens is 1. The highest BCUT2D eigenvalue weighted by Crippen LogP contribution is 2.43. The number of amides is 1. The lowest BCUT2D eigenvalue weighted by Crippen LogP contribution is -2.53. The fourth-order valence-corrected chi connectivity index (χ4v) is 4.12. The lowest BCUT2D eigenvalue weighted by atomic mass is 9.79. The number of aromatic nitrogens is 2. The molecule has 3 atom stereocenters. The molecule has 1 aromatic heterocycles. The fraction of sp³-hybridized carbons (Fsp3) is 0.733. The Hall–Kier alpha value is -1.11. The predicted octanol–water partition coefficient (Wildman–Crippen LogP) is 1.87. The van der Waals surface area contributed by atoms with Crippen LogP contribution in [0.25, 0.3) is 0 Å². The molecule has 1 aliphatic heterocycles. The summed E-state index contributed by atoms with van der Waals surface area (Å²) in [6, 6.07) is 0.0155. The lowest BCUT2D eigenvalue weighted by molar-refractivity contribution is -0.0894. The number of ether oxygens (including phenoxy) is 2. The van der Waals surface area contributed by atoms with Crippen molar-refractivity contribution < 1.29 is 14.3 Å². The van der Waals surface area contributed by atoms with Gasteiger partial charge in [0.2, 0.25) is 0 Å². The van der Waals surface area contributed by atoms with Gasteiger partial charge in [0.25, 0.3) is 5.91 Å². The van der Waals surface area contributed by atoms with Gasteiger partial charge < -0.3 is 14.4 Å². The third-order valence-electron chi connectivity index (χ3n) is 5.12. The van der Waals surface area contributed by atoms with E-state index in [0.717, 1.165) is 25.7 Å². The van der Waals surface area contributed by atoms with E-state index in [-0.39, 0.29) is 23.7 Å². The second kappa shape index (κ2) is 5.83. The van der Waals surface area contributed by atoms with E-state index in [0.29, 0.717) is 17.3 Å². The topological polar surface area (TPSA) is 56.6 Å². The Morgan fingerprint density at radius 3 is 2.82 bits per heavy atom. The second-order valence-corrected chi connectivity index (χ2v) is 6.57. The Labute approximate surface area is 135 Å². The van der Waals surface area contributed by atoms with Crippen molar-refractivity contribution in [2.75, 3.05) is 20.8 Å². The summed E-state index contributed by atoms with van der Waals surface area (Å²) in [7, 11) is 5.22. The number of aryl methyl sites for hydroxylation is 1. The number of likely N-dealkylation sites (tertiary alicyclic amines) is 1. The van der Waals surface area contributed by atoms with E-state index >= 15 is 0 Å². The molecule has 3 rings (SSSR count). The summed E-state index contributed by atoms with van der Waals surface area (Å²) in [6.07, 6.45) is 5.33. The molecular formula is C15H22ClN3O3. The first-order valence-corrected chi connectivity index (χ1v) is 7.96. The van der Waals surface area contributed by atoms with Crippen molar-refractivity contribution in [3.8, 4) is 0 Å². The monoisotopic (exact) mass is 327 g/mol. The zero-order chi connectivity index (χ0) is 15.9. The van der Waals surface area contributed by atoms with Gasteiger partial charge in [-0.05, 0) is 25.7 Å². The minimum absolute atomic E-state index is 0.0155.